The summed E-state index contributed by atoms with van der Waals surface area (Å²) in [6.45, 7) is 0.0931. The highest BCUT2D eigenvalue weighted by molar-refractivity contribution is 5.60. The first-order valence-corrected chi connectivity index (χ1v) is 6.81. The Morgan fingerprint density at radius 2 is 1.96 bits per heavy atom. The molecule has 0 saturated carbocycles. The second-order valence-electron chi connectivity index (χ2n) is 4.69. The number of benzene rings is 2. The molecule has 23 heavy (non-hydrogen) atoms. The Kier molecular flexibility index (Phi) is 4.09. The van der Waals surface area contributed by atoms with Gasteiger partial charge in [0.15, 0.2) is 11.5 Å². The van der Waals surface area contributed by atoms with Gasteiger partial charge in [-0.1, -0.05) is 23.3 Å². The van der Waals surface area contributed by atoms with E-state index in [-0.39, 0.29) is 24.3 Å². The van der Waals surface area contributed by atoms with Gasteiger partial charge in [-0.15, -0.1) is 5.10 Å². The smallest absolute Gasteiger partial charge is 0.313 e. The van der Waals surface area contributed by atoms with E-state index in [4.69, 9.17) is 19.6 Å². The molecule has 0 radical (unpaired) electrons. The number of nitrogen functional groups attached to an aromatic ring is 1. The van der Waals surface area contributed by atoms with E-state index in [1.54, 1.807) is 36.4 Å². The molecule has 0 atom stereocenters. The SMILES string of the molecule is COc1cc(-c2nnc(N)o2)ccc1OCc1ccccc1F. The monoisotopic (exact) mass is 315 g/mol. The van der Waals surface area contributed by atoms with Crippen molar-refractivity contribution in [2.75, 3.05) is 12.8 Å². The van der Waals surface area contributed by atoms with E-state index < -0.39 is 0 Å². The first-order chi connectivity index (χ1) is 11.2. The second-order valence-corrected chi connectivity index (χ2v) is 4.69. The van der Waals surface area contributed by atoms with E-state index in [0.29, 0.717) is 22.6 Å². The van der Waals surface area contributed by atoms with E-state index >= 15 is 0 Å². The predicted octanol–water partition coefficient (Wildman–Crippen LogP) is 3.05. The van der Waals surface area contributed by atoms with Crippen LogP contribution in [0.4, 0.5) is 10.4 Å². The molecular formula is C16H14FN3O3. The minimum Gasteiger partial charge on any atom is -0.493 e. The van der Waals surface area contributed by atoms with Gasteiger partial charge in [-0.2, -0.15) is 0 Å². The summed E-state index contributed by atoms with van der Waals surface area (Å²) in [5, 5.41) is 7.41. The molecule has 0 saturated heterocycles. The Morgan fingerprint density at radius 1 is 1.13 bits per heavy atom. The zero-order chi connectivity index (χ0) is 16.2. The maximum absolute atomic E-state index is 13.6. The minimum absolute atomic E-state index is 0.0150. The van der Waals surface area contributed by atoms with Crippen LogP contribution in [0.15, 0.2) is 46.9 Å². The van der Waals surface area contributed by atoms with Gasteiger partial charge >= 0.3 is 6.01 Å². The zero-order valence-corrected chi connectivity index (χ0v) is 12.3. The van der Waals surface area contributed by atoms with Crippen molar-refractivity contribution in [2.45, 2.75) is 6.61 Å². The van der Waals surface area contributed by atoms with Crippen LogP contribution in [-0.4, -0.2) is 17.3 Å². The van der Waals surface area contributed by atoms with Gasteiger partial charge in [-0.3, -0.25) is 0 Å². The van der Waals surface area contributed by atoms with Crippen molar-refractivity contribution in [2.24, 2.45) is 0 Å². The van der Waals surface area contributed by atoms with Crippen LogP contribution < -0.4 is 15.2 Å². The Morgan fingerprint density at radius 3 is 2.65 bits per heavy atom. The molecule has 6 nitrogen and oxygen atoms in total. The zero-order valence-electron chi connectivity index (χ0n) is 12.3. The van der Waals surface area contributed by atoms with Crippen LogP contribution in [-0.2, 0) is 6.61 Å². The van der Waals surface area contributed by atoms with Crippen LogP contribution in [0.2, 0.25) is 0 Å². The highest BCUT2D eigenvalue weighted by Crippen LogP contribution is 2.32. The molecule has 0 bridgehead atoms. The number of nitrogens with two attached hydrogens (primary N) is 1. The summed E-state index contributed by atoms with van der Waals surface area (Å²) in [6, 6.07) is 11.5. The largest absolute Gasteiger partial charge is 0.493 e. The summed E-state index contributed by atoms with van der Waals surface area (Å²) in [6.07, 6.45) is 0. The Labute approximate surface area is 131 Å². The van der Waals surface area contributed by atoms with Crippen LogP contribution in [0.3, 0.4) is 0 Å². The topological polar surface area (TPSA) is 83.4 Å². The summed E-state index contributed by atoms with van der Waals surface area (Å²) < 4.78 is 29.7. The van der Waals surface area contributed by atoms with Crippen LogP contribution in [0.25, 0.3) is 11.5 Å². The Hall–Kier alpha value is -3.09. The van der Waals surface area contributed by atoms with Crippen LogP contribution >= 0.6 is 0 Å². The quantitative estimate of drug-likeness (QED) is 0.779. The summed E-state index contributed by atoms with van der Waals surface area (Å²) in [4.78, 5) is 0. The van der Waals surface area contributed by atoms with Crippen molar-refractivity contribution in [3.05, 3.63) is 53.8 Å². The number of hydrogen-bond acceptors (Lipinski definition) is 6. The number of ether oxygens (including phenoxy) is 2. The average Bonchev–Trinajstić information content (AvgIpc) is 3.00. The molecule has 118 valence electrons. The van der Waals surface area contributed by atoms with Gasteiger partial charge in [-0.05, 0) is 24.3 Å². The molecule has 7 heteroatoms. The number of methoxy groups -OCH3 is 1. The van der Waals surface area contributed by atoms with Crippen molar-refractivity contribution in [3.8, 4) is 23.0 Å². The highest BCUT2D eigenvalue weighted by Gasteiger charge is 2.12. The van der Waals surface area contributed by atoms with Gasteiger partial charge in [0.05, 0.1) is 7.11 Å². The molecule has 3 rings (SSSR count). The molecule has 2 aromatic carbocycles. The molecule has 1 aromatic heterocycles. The van der Waals surface area contributed by atoms with Gasteiger partial charge in [-0.25, -0.2) is 4.39 Å². The minimum atomic E-state index is -0.315. The predicted molar refractivity (Wildman–Crippen MR) is 81.4 cm³/mol. The average molecular weight is 315 g/mol. The first kappa shape index (κ1) is 14.8. The van der Waals surface area contributed by atoms with Crippen molar-refractivity contribution in [3.63, 3.8) is 0 Å². The number of aromatic nitrogens is 2. The summed E-state index contributed by atoms with van der Waals surface area (Å²) >= 11 is 0. The lowest BCUT2D eigenvalue weighted by Gasteiger charge is -2.11. The van der Waals surface area contributed by atoms with E-state index in [2.05, 4.69) is 10.2 Å². The second kappa shape index (κ2) is 6.35. The normalized spacial score (nSPS) is 10.5. The molecule has 0 aliphatic heterocycles. The Bertz CT molecular complexity index is 820. The maximum Gasteiger partial charge on any atom is 0.313 e. The number of halogens is 1. The van der Waals surface area contributed by atoms with E-state index in [1.165, 1.54) is 13.2 Å². The number of anilines is 1. The van der Waals surface area contributed by atoms with Crippen LogP contribution in [0, 0.1) is 5.82 Å². The Balaban J connectivity index is 1.81. The molecule has 2 N–H and O–H groups in total. The molecular weight excluding hydrogens is 301 g/mol. The third-order valence-electron chi connectivity index (χ3n) is 3.19. The van der Waals surface area contributed by atoms with Gasteiger partial charge in [0.25, 0.3) is 0 Å². The molecule has 0 amide bonds. The molecule has 0 spiro atoms. The van der Waals surface area contributed by atoms with Gasteiger partial charge in [0.2, 0.25) is 5.89 Å². The maximum atomic E-state index is 13.6. The van der Waals surface area contributed by atoms with Crippen molar-refractivity contribution in [1.29, 1.82) is 0 Å². The lowest BCUT2D eigenvalue weighted by atomic mass is 10.2. The molecule has 0 aliphatic carbocycles. The fourth-order valence-electron chi connectivity index (χ4n) is 2.04. The van der Waals surface area contributed by atoms with Gasteiger partial charge < -0.3 is 19.6 Å². The highest BCUT2D eigenvalue weighted by atomic mass is 19.1. The number of rotatable bonds is 5. The van der Waals surface area contributed by atoms with Gasteiger partial charge in [0.1, 0.15) is 12.4 Å². The van der Waals surface area contributed by atoms with E-state index in [0.717, 1.165) is 0 Å². The molecule has 3 aromatic rings. The third kappa shape index (κ3) is 3.23. The fraction of sp³-hybridized carbons (Fsp3) is 0.125. The van der Waals surface area contributed by atoms with Crippen molar-refractivity contribution in [1.82, 2.24) is 10.2 Å². The summed E-state index contributed by atoms with van der Waals surface area (Å²) in [7, 11) is 1.51. The molecule has 0 fully saturated rings. The van der Waals surface area contributed by atoms with E-state index in [9.17, 15) is 4.39 Å². The molecule has 0 aliphatic rings. The summed E-state index contributed by atoms with van der Waals surface area (Å²) in [5.74, 6) is 0.911. The van der Waals surface area contributed by atoms with Gasteiger partial charge in [0, 0.05) is 11.1 Å². The number of hydrogen-bond donors (Lipinski definition) is 1. The van der Waals surface area contributed by atoms with Crippen LogP contribution in [0.1, 0.15) is 5.56 Å². The third-order valence-corrected chi connectivity index (χ3v) is 3.19. The molecule has 0 unspecified atom stereocenters. The lowest BCUT2D eigenvalue weighted by molar-refractivity contribution is 0.280. The van der Waals surface area contributed by atoms with Crippen LogP contribution in [0.5, 0.6) is 11.5 Å². The first-order valence-electron chi connectivity index (χ1n) is 6.81. The standard InChI is InChI=1S/C16H14FN3O3/c1-21-14-8-10(15-19-20-16(18)23-15)6-7-13(14)22-9-11-4-2-3-5-12(11)17/h2-8H,9H2,1H3,(H2,18,20). The van der Waals surface area contributed by atoms with E-state index in [1.807, 2.05) is 0 Å². The lowest BCUT2D eigenvalue weighted by Crippen LogP contribution is -2.00. The number of nitrogens with zero attached hydrogens (tertiary/aromatic N) is 2. The molecule has 1 heterocycles. The van der Waals surface area contributed by atoms with Crippen molar-refractivity contribution >= 4 is 6.01 Å². The van der Waals surface area contributed by atoms with Crippen molar-refractivity contribution < 1.29 is 18.3 Å². The fourth-order valence-corrected chi connectivity index (χ4v) is 2.04. The summed E-state index contributed by atoms with van der Waals surface area (Å²) in [5.41, 5.74) is 6.52.